The van der Waals surface area contributed by atoms with Crippen molar-refractivity contribution in [3.8, 4) is 0 Å². The van der Waals surface area contributed by atoms with E-state index in [2.05, 4.69) is 143 Å². The molecule has 1 heterocycles. The summed E-state index contributed by atoms with van der Waals surface area (Å²) in [6, 6.07) is -0.811. The maximum Gasteiger partial charge on any atom is 0.217 e. The third-order valence-corrected chi connectivity index (χ3v) is 14.3. The van der Waals surface area contributed by atoms with Crippen molar-refractivity contribution in [2.24, 2.45) is 0 Å². The molecule has 1 saturated heterocycles. The largest absolute Gasteiger partial charge is 0.415 e. The summed E-state index contributed by atoms with van der Waals surface area (Å²) in [6.45, 7) is 46.5. The monoisotopic (exact) mass is 887 g/mol. The van der Waals surface area contributed by atoms with Gasteiger partial charge >= 0.3 is 0 Å². The van der Waals surface area contributed by atoms with E-state index in [0.717, 1.165) is 6.29 Å². The Balaban J connectivity index is 4.06. The molecule has 0 aromatic rings. The first-order valence-electron chi connectivity index (χ1n) is 19.6. The van der Waals surface area contributed by atoms with Gasteiger partial charge in [-0.2, -0.15) is 0 Å². The van der Waals surface area contributed by atoms with Gasteiger partial charge < -0.3 is 50.6 Å². The molecule has 9 unspecified atom stereocenters. The number of rotatable bonds is 23. The minimum Gasteiger partial charge on any atom is -0.415 e. The third kappa shape index (κ3) is 21.9. The van der Waals surface area contributed by atoms with Crippen LogP contribution in [0.2, 0.25) is 137 Å². The molecule has 0 spiro atoms. The third-order valence-electron chi connectivity index (χ3n) is 7.28. The highest BCUT2D eigenvalue weighted by Gasteiger charge is 2.53. The number of carbonyl (C=O) groups is 2. The molecule has 1 fully saturated rings. The predicted molar refractivity (Wildman–Crippen MR) is 237 cm³/mol. The Morgan fingerprint density at radius 2 is 1.06 bits per heavy atom. The molecule has 0 aliphatic carbocycles. The number of ether oxygens (including phenoxy) is 2. The number of hydrogen-bond acceptors (Lipinski definition) is 11. The first-order chi connectivity index (χ1) is 23.9. The summed E-state index contributed by atoms with van der Waals surface area (Å²) in [7, 11) is -15.3. The molecule has 1 rings (SSSR count). The average molecular weight is 889 g/mol. The summed E-state index contributed by atoms with van der Waals surface area (Å²) in [4.78, 5) is 26.5. The van der Waals surface area contributed by atoms with Crippen molar-refractivity contribution in [3.05, 3.63) is 0 Å². The van der Waals surface area contributed by atoms with Crippen LogP contribution in [0.4, 0.5) is 0 Å². The van der Waals surface area contributed by atoms with Gasteiger partial charge in [-0.15, -0.1) is 0 Å². The van der Waals surface area contributed by atoms with E-state index in [1.165, 1.54) is 6.92 Å². The molecule has 0 saturated carbocycles. The molecule has 1 aliphatic rings. The smallest absolute Gasteiger partial charge is 0.217 e. The standard InChI is InChI=1S/C35H81NO11Si7/c1-26(38)36-30-34(47-54(20,21)22)32(45-52(14,15)16)28(24-39-48(2,3)4)42-35(30)41-27(23-37)31(44-51(11,12)13)33(46-53(17,18)19)29(43-50(8,9)10)25-40-49(5,6)7/h23,27-35H,24-25H2,1-22H3,(H,36,38). The quantitative estimate of drug-likeness (QED) is 0.0805. The number of carbonyl (C=O) groups excluding carboxylic acids is 2. The van der Waals surface area contributed by atoms with E-state index < -0.39 is 113 Å². The second-order valence-electron chi connectivity index (χ2n) is 21.4. The van der Waals surface area contributed by atoms with Crippen molar-refractivity contribution in [2.75, 3.05) is 13.2 Å². The lowest BCUT2D eigenvalue weighted by Gasteiger charge is -2.51. The molecule has 0 bridgehead atoms. The van der Waals surface area contributed by atoms with Gasteiger partial charge in [-0.25, -0.2) is 0 Å². The fourth-order valence-corrected chi connectivity index (χ4v) is 12.6. The Kier molecular flexibility index (Phi) is 19.4. The molecule has 9 atom stereocenters. The number of aldehydes is 1. The van der Waals surface area contributed by atoms with Gasteiger partial charge in [0.15, 0.2) is 70.8 Å². The van der Waals surface area contributed by atoms with Gasteiger partial charge in [0.05, 0.1) is 25.4 Å². The lowest BCUT2D eigenvalue weighted by molar-refractivity contribution is -0.281. The molecular weight excluding hydrogens is 807 g/mol. The lowest BCUT2D eigenvalue weighted by Crippen LogP contribution is -2.69. The van der Waals surface area contributed by atoms with Crippen molar-refractivity contribution < 1.29 is 50.0 Å². The summed E-state index contributed by atoms with van der Waals surface area (Å²) in [5.41, 5.74) is 0. The Morgan fingerprint density at radius 1 is 0.611 bits per heavy atom. The molecule has 54 heavy (non-hydrogen) atoms. The molecule has 1 amide bonds. The normalized spacial score (nSPS) is 24.8. The fourth-order valence-electron chi connectivity index (χ4n) is 5.79. The first-order valence-corrected chi connectivity index (χ1v) is 43.4. The van der Waals surface area contributed by atoms with Crippen LogP contribution in [-0.2, 0) is 50.0 Å². The van der Waals surface area contributed by atoms with Crippen LogP contribution in [0.15, 0.2) is 0 Å². The molecular formula is C35H81NO11Si7. The number of hydrogen-bond donors (Lipinski definition) is 1. The molecule has 0 aromatic heterocycles. The Labute approximate surface area is 337 Å². The van der Waals surface area contributed by atoms with Gasteiger partial charge in [-0.1, -0.05) is 0 Å². The van der Waals surface area contributed by atoms with E-state index in [4.69, 9.17) is 40.5 Å². The lowest BCUT2D eigenvalue weighted by atomic mass is 9.96. The highest BCUT2D eigenvalue weighted by atomic mass is 28.4. The van der Waals surface area contributed by atoms with Gasteiger partial charge in [-0.3, -0.25) is 4.79 Å². The van der Waals surface area contributed by atoms with E-state index in [-0.39, 0.29) is 12.5 Å². The average Bonchev–Trinajstić information content (AvgIpc) is 2.89. The summed E-state index contributed by atoms with van der Waals surface area (Å²) >= 11 is 0. The van der Waals surface area contributed by atoms with E-state index in [9.17, 15) is 9.59 Å². The van der Waals surface area contributed by atoms with Gasteiger partial charge in [-0.05, 0) is 137 Å². The second-order valence-corrected chi connectivity index (χ2v) is 52.7. The summed E-state index contributed by atoms with van der Waals surface area (Å²) in [6.07, 6.45) is -5.43. The Morgan fingerprint density at radius 3 is 1.44 bits per heavy atom. The van der Waals surface area contributed by atoms with E-state index in [0.29, 0.717) is 6.61 Å². The minimum absolute atomic E-state index is 0.241. The SMILES string of the molecule is CC(=O)NC1C(OC(C=O)C(O[Si](C)(C)C)C(O[Si](C)(C)C)C(CO[Si](C)(C)C)O[Si](C)(C)C)OC(CO[Si](C)(C)C)C(O[Si](C)(C)C)C1O[Si](C)(C)C. The molecule has 0 aromatic carbocycles. The highest BCUT2D eigenvalue weighted by Crippen LogP contribution is 2.34. The fraction of sp³-hybridized carbons (Fsp3) is 0.943. The van der Waals surface area contributed by atoms with Crippen molar-refractivity contribution in [1.82, 2.24) is 5.32 Å². The summed E-state index contributed by atoms with van der Waals surface area (Å²) in [5, 5.41) is 3.09. The van der Waals surface area contributed by atoms with Gasteiger partial charge in [0.2, 0.25) is 5.91 Å². The predicted octanol–water partition coefficient (Wildman–Crippen LogP) is 7.60. The van der Waals surface area contributed by atoms with Crippen LogP contribution < -0.4 is 5.32 Å². The van der Waals surface area contributed by atoms with Crippen molar-refractivity contribution >= 4 is 70.4 Å². The van der Waals surface area contributed by atoms with Crippen LogP contribution in [0.1, 0.15) is 6.92 Å². The van der Waals surface area contributed by atoms with Gasteiger partial charge in [0.1, 0.15) is 36.6 Å². The van der Waals surface area contributed by atoms with Crippen LogP contribution in [0.3, 0.4) is 0 Å². The number of nitrogens with one attached hydrogen (secondary N) is 1. The van der Waals surface area contributed by atoms with Crippen LogP contribution in [0, 0.1) is 0 Å². The Bertz CT molecular complexity index is 1170. The zero-order valence-corrected chi connectivity index (χ0v) is 45.2. The molecule has 1 N–H and O–H groups in total. The minimum atomic E-state index is -2.38. The maximum atomic E-state index is 13.5. The van der Waals surface area contributed by atoms with Crippen molar-refractivity contribution in [2.45, 2.75) is 199 Å². The second kappa shape index (κ2) is 20.0. The molecule has 320 valence electrons. The maximum absolute atomic E-state index is 13.5. The summed E-state index contributed by atoms with van der Waals surface area (Å²) < 4.78 is 61.3. The topological polar surface area (TPSA) is 129 Å². The van der Waals surface area contributed by atoms with Crippen molar-refractivity contribution in [1.29, 1.82) is 0 Å². The van der Waals surface area contributed by atoms with Crippen LogP contribution in [-0.4, -0.2) is 139 Å². The zero-order chi connectivity index (χ0) is 42.5. The first kappa shape index (κ1) is 52.3. The zero-order valence-electron chi connectivity index (χ0n) is 38.2. The molecule has 0 radical (unpaired) electrons. The summed E-state index contributed by atoms with van der Waals surface area (Å²) in [5.74, 6) is -0.283. The highest BCUT2D eigenvalue weighted by molar-refractivity contribution is 6.72. The molecule has 19 heteroatoms. The van der Waals surface area contributed by atoms with Crippen LogP contribution >= 0.6 is 0 Å². The number of amides is 1. The Hall–Kier alpha value is 0.298. The van der Waals surface area contributed by atoms with E-state index in [1.54, 1.807) is 0 Å². The van der Waals surface area contributed by atoms with Crippen molar-refractivity contribution in [3.63, 3.8) is 0 Å². The van der Waals surface area contributed by atoms with E-state index >= 15 is 0 Å². The van der Waals surface area contributed by atoms with Gasteiger partial charge in [0, 0.05) is 6.92 Å². The van der Waals surface area contributed by atoms with Crippen LogP contribution in [0.25, 0.3) is 0 Å². The van der Waals surface area contributed by atoms with E-state index in [1.807, 2.05) is 0 Å². The van der Waals surface area contributed by atoms with Crippen LogP contribution in [0.5, 0.6) is 0 Å². The molecule has 1 aliphatic heterocycles. The van der Waals surface area contributed by atoms with Gasteiger partial charge in [0.25, 0.3) is 0 Å². The molecule has 12 nitrogen and oxygen atoms in total.